The van der Waals surface area contributed by atoms with Gasteiger partial charge in [-0.2, -0.15) is 0 Å². The van der Waals surface area contributed by atoms with E-state index in [1.165, 1.54) is 6.20 Å². The summed E-state index contributed by atoms with van der Waals surface area (Å²) in [4.78, 5) is 17.5. The number of hydrogen-bond donors (Lipinski definition) is 1. The van der Waals surface area contributed by atoms with Gasteiger partial charge in [-0.05, 0) is 11.6 Å². The van der Waals surface area contributed by atoms with Crippen LogP contribution < -0.4 is 0 Å². The normalized spacial score (nSPS) is 10.7. The van der Waals surface area contributed by atoms with Gasteiger partial charge in [0.25, 0.3) is 5.69 Å². The zero-order valence-electron chi connectivity index (χ0n) is 9.33. The summed E-state index contributed by atoms with van der Waals surface area (Å²) in [6, 6.07) is 11.4. The molecule has 0 radical (unpaired) electrons. The molecule has 3 rings (SSSR count). The molecule has 1 aromatic carbocycles. The number of hydrogen-bond acceptors (Lipinski definition) is 3. The lowest BCUT2D eigenvalue weighted by molar-refractivity contribution is -0.383. The molecule has 0 bridgehead atoms. The third kappa shape index (κ3) is 1.62. The van der Waals surface area contributed by atoms with Gasteiger partial charge in [0.15, 0.2) is 0 Å². The van der Waals surface area contributed by atoms with E-state index in [2.05, 4.69) is 9.97 Å². The Balaban J connectivity index is 2.21. The lowest BCUT2D eigenvalue weighted by Gasteiger charge is -2.00. The van der Waals surface area contributed by atoms with Crippen LogP contribution in [0.15, 0.2) is 48.8 Å². The van der Waals surface area contributed by atoms with Gasteiger partial charge < -0.3 is 4.98 Å². The maximum atomic E-state index is 10.9. The SMILES string of the molecule is O=[N+]([O-])c1c[nH]c2ncc(-c3ccccc3)cc12. The summed E-state index contributed by atoms with van der Waals surface area (Å²) in [6.07, 6.45) is 3.07. The highest BCUT2D eigenvalue weighted by Crippen LogP contribution is 2.28. The van der Waals surface area contributed by atoms with Crippen molar-refractivity contribution >= 4 is 16.7 Å². The van der Waals surface area contributed by atoms with Crippen LogP contribution in [0.1, 0.15) is 0 Å². The molecule has 1 N–H and O–H groups in total. The maximum absolute atomic E-state index is 10.9. The molecular weight excluding hydrogens is 230 g/mol. The molecule has 0 aliphatic carbocycles. The minimum absolute atomic E-state index is 0.0512. The average molecular weight is 239 g/mol. The van der Waals surface area contributed by atoms with Crippen molar-refractivity contribution in [2.45, 2.75) is 0 Å². The van der Waals surface area contributed by atoms with E-state index in [0.717, 1.165) is 11.1 Å². The second-order valence-electron chi connectivity index (χ2n) is 3.92. The van der Waals surface area contributed by atoms with Crippen LogP contribution in [-0.4, -0.2) is 14.9 Å². The Morgan fingerprint density at radius 3 is 2.67 bits per heavy atom. The quantitative estimate of drug-likeness (QED) is 0.551. The molecule has 5 nitrogen and oxygen atoms in total. The van der Waals surface area contributed by atoms with Gasteiger partial charge in [-0.25, -0.2) is 4.98 Å². The number of H-pyrrole nitrogens is 1. The number of nitrogens with zero attached hydrogens (tertiary/aromatic N) is 2. The van der Waals surface area contributed by atoms with E-state index in [4.69, 9.17) is 0 Å². The van der Waals surface area contributed by atoms with E-state index in [9.17, 15) is 10.1 Å². The molecule has 2 heterocycles. The van der Waals surface area contributed by atoms with Crippen LogP contribution in [-0.2, 0) is 0 Å². The Hall–Kier alpha value is -2.69. The first kappa shape index (κ1) is 10.5. The van der Waals surface area contributed by atoms with Gasteiger partial charge in [-0.3, -0.25) is 10.1 Å². The average Bonchev–Trinajstić information content (AvgIpc) is 2.82. The molecule has 5 heteroatoms. The lowest BCUT2D eigenvalue weighted by Crippen LogP contribution is -1.86. The van der Waals surface area contributed by atoms with Crippen molar-refractivity contribution in [3.8, 4) is 11.1 Å². The van der Waals surface area contributed by atoms with Crippen molar-refractivity contribution in [3.63, 3.8) is 0 Å². The fraction of sp³-hybridized carbons (Fsp3) is 0. The van der Waals surface area contributed by atoms with Gasteiger partial charge in [0.1, 0.15) is 5.65 Å². The summed E-state index contributed by atoms with van der Waals surface area (Å²) >= 11 is 0. The molecule has 0 fully saturated rings. The number of nitro groups is 1. The third-order valence-electron chi connectivity index (χ3n) is 2.81. The largest absolute Gasteiger partial charge is 0.340 e. The summed E-state index contributed by atoms with van der Waals surface area (Å²) in [6.45, 7) is 0. The first-order valence-electron chi connectivity index (χ1n) is 5.42. The molecule has 0 amide bonds. The Morgan fingerprint density at radius 2 is 1.94 bits per heavy atom. The first-order valence-corrected chi connectivity index (χ1v) is 5.42. The Labute approximate surface area is 102 Å². The molecule has 0 aliphatic heterocycles. The summed E-state index contributed by atoms with van der Waals surface area (Å²) < 4.78 is 0. The molecule has 3 aromatic rings. The van der Waals surface area contributed by atoms with Crippen LogP contribution >= 0.6 is 0 Å². The van der Waals surface area contributed by atoms with E-state index in [0.29, 0.717) is 11.0 Å². The highest BCUT2D eigenvalue weighted by Gasteiger charge is 2.15. The van der Waals surface area contributed by atoms with Crippen molar-refractivity contribution in [1.29, 1.82) is 0 Å². The molecule has 0 spiro atoms. The van der Waals surface area contributed by atoms with Crippen molar-refractivity contribution in [1.82, 2.24) is 9.97 Å². The van der Waals surface area contributed by atoms with Crippen molar-refractivity contribution in [2.75, 3.05) is 0 Å². The van der Waals surface area contributed by atoms with Crippen molar-refractivity contribution in [2.24, 2.45) is 0 Å². The van der Waals surface area contributed by atoms with Gasteiger partial charge in [0.2, 0.25) is 0 Å². The number of aromatic amines is 1. The topological polar surface area (TPSA) is 71.8 Å². The number of benzene rings is 1. The van der Waals surface area contributed by atoms with Gasteiger partial charge in [0, 0.05) is 11.8 Å². The van der Waals surface area contributed by atoms with Gasteiger partial charge in [0.05, 0.1) is 16.5 Å². The Kier molecular flexibility index (Phi) is 2.30. The Morgan fingerprint density at radius 1 is 1.17 bits per heavy atom. The predicted octanol–water partition coefficient (Wildman–Crippen LogP) is 3.14. The third-order valence-corrected chi connectivity index (χ3v) is 2.81. The molecule has 0 aliphatic rings. The number of rotatable bonds is 2. The molecule has 2 aromatic heterocycles. The van der Waals surface area contributed by atoms with Crippen molar-refractivity contribution < 1.29 is 4.92 Å². The van der Waals surface area contributed by atoms with Crippen LogP contribution in [0.5, 0.6) is 0 Å². The highest BCUT2D eigenvalue weighted by atomic mass is 16.6. The monoisotopic (exact) mass is 239 g/mol. The predicted molar refractivity (Wildman–Crippen MR) is 68.2 cm³/mol. The smallest absolute Gasteiger partial charge is 0.296 e. The van der Waals surface area contributed by atoms with E-state index in [-0.39, 0.29) is 5.69 Å². The molecule has 88 valence electrons. The molecule has 0 atom stereocenters. The molecule has 0 unspecified atom stereocenters. The number of fused-ring (bicyclic) bond motifs is 1. The van der Waals surface area contributed by atoms with Crippen LogP contribution in [0.2, 0.25) is 0 Å². The zero-order chi connectivity index (χ0) is 12.5. The van der Waals surface area contributed by atoms with E-state index in [1.807, 2.05) is 30.3 Å². The van der Waals surface area contributed by atoms with Crippen LogP contribution in [0.3, 0.4) is 0 Å². The fourth-order valence-electron chi connectivity index (χ4n) is 1.93. The van der Waals surface area contributed by atoms with Gasteiger partial charge in [-0.15, -0.1) is 0 Å². The minimum Gasteiger partial charge on any atom is -0.340 e. The number of pyridine rings is 1. The van der Waals surface area contributed by atoms with Gasteiger partial charge >= 0.3 is 0 Å². The fourth-order valence-corrected chi connectivity index (χ4v) is 1.93. The molecule has 0 saturated carbocycles. The second-order valence-corrected chi connectivity index (χ2v) is 3.92. The standard InChI is InChI=1S/C13H9N3O2/c17-16(18)12-8-15-13-11(12)6-10(7-14-13)9-4-2-1-3-5-9/h1-8H,(H,14,15). The summed E-state index contributed by atoms with van der Waals surface area (Å²) in [5.41, 5.74) is 2.44. The lowest BCUT2D eigenvalue weighted by atomic mass is 10.1. The molecular formula is C13H9N3O2. The maximum Gasteiger partial charge on any atom is 0.296 e. The van der Waals surface area contributed by atoms with Crippen molar-refractivity contribution in [3.05, 3.63) is 58.9 Å². The highest BCUT2D eigenvalue weighted by molar-refractivity contribution is 5.89. The first-order chi connectivity index (χ1) is 8.75. The van der Waals surface area contributed by atoms with Crippen LogP contribution in [0.4, 0.5) is 5.69 Å². The second kappa shape index (κ2) is 3.96. The van der Waals surface area contributed by atoms with E-state index >= 15 is 0 Å². The Bertz CT molecular complexity index is 719. The number of nitrogens with one attached hydrogen (secondary N) is 1. The molecule has 0 saturated heterocycles. The summed E-state index contributed by atoms with van der Waals surface area (Å²) in [7, 11) is 0. The minimum atomic E-state index is -0.407. The molecule has 18 heavy (non-hydrogen) atoms. The van der Waals surface area contributed by atoms with Gasteiger partial charge in [-0.1, -0.05) is 30.3 Å². The number of aromatic nitrogens is 2. The van der Waals surface area contributed by atoms with Crippen LogP contribution in [0.25, 0.3) is 22.2 Å². The van der Waals surface area contributed by atoms with E-state index < -0.39 is 4.92 Å². The summed E-state index contributed by atoms with van der Waals surface area (Å²) in [5.74, 6) is 0. The van der Waals surface area contributed by atoms with Crippen LogP contribution in [0, 0.1) is 10.1 Å². The summed E-state index contributed by atoms with van der Waals surface area (Å²) in [5, 5.41) is 11.4. The van der Waals surface area contributed by atoms with E-state index in [1.54, 1.807) is 12.3 Å². The zero-order valence-corrected chi connectivity index (χ0v) is 9.33.